The standard InChI is InChI=1S/C17H27N3O3S2/c21-25(22,20-10-12-23-13-11-20)16-6-7-17(24)19(14-16)15-18-8-4-2-1-3-5-9-18/h6-7,14H,1-5,8-13,15H2/p+1. The van der Waals surface area contributed by atoms with Gasteiger partial charge in [0.15, 0.2) is 6.67 Å². The van der Waals surface area contributed by atoms with E-state index in [9.17, 15) is 8.42 Å². The number of hydrogen-bond acceptors (Lipinski definition) is 4. The third-order valence-electron chi connectivity index (χ3n) is 5.02. The lowest BCUT2D eigenvalue weighted by Crippen LogP contribution is -3.11. The van der Waals surface area contributed by atoms with Gasteiger partial charge in [0, 0.05) is 19.3 Å². The number of nitrogens with one attached hydrogen (secondary N) is 1. The SMILES string of the molecule is O=S(=O)(c1ccc(=S)n(C[NH+]2CCCCCCC2)c1)N1CCOCC1. The third kappa shape index (κ3) is 4.89. The highest BCUT2D eigenvalue weighted by Gasteiger charge is 2.27. The molecule has 0 amide bonds. The quantitative estimate of drug-likeness (QED) is 0.786. The average molecular weight is 387 g/mol. The molecule has 0 aromatic carbocycles. The second kappa shape index (κ2) is 8.73. The number of pyridine rings is 1. The Morgan fingerprint density at radius 3 is 2.36 bits per heavy atom. The first-order valence-corrected chi connectivity index (χ1v) is 11.0. The van der Waals surface area contributed by atoms with Gasteiger partial charge in [-0.3, -0.25) is 4.57 Å². The summed E-state index contributed by atoms with van der Waals surface area (Å²) in [7, 11) is -3.48. The smallest absolute Gasteiger partial charge is 0.244 e. The summed E-state index contributed by atoms with van der Waals surface area (Å²) in [5, 5.41) is 0. The number of rotatable bonds is 4. The molecule has 25 heavy (non-hydrogen) atoms. The zero-order valence-corrected chi connectivity index (χ0v) is 16.3. The first-order chi connectivity index (χ1) is 12.1. The molecule has 140 valence electrons. The van der Waals surface area contributed by atoms with E-state index in [2.05, 4.69) is 0 Å². The Hall–Kier alpha value is -0.800. The van der Waals surface area contributed by atoms with Crippen LogP contribution in [0.4, 0.5) is 0 Å². The molecule has 0 bridgehead atoms. The molecular formula is C17H28N3O3S2+. The molecule has 1 aromatic rings. The zero-order chi connectivity index (χ0) is 17.7. The Morgan fingerprint density at radius 1 is 1.04 bits per heavy atom. The lowest BCUT2D eigenvalue weighted by Gasteiger charge is -2.27. The molecule has 0 aliphatic carbocycles. The lowest BCUT2D eigenvalue weighted by molar-refractivity contribution is -0.923. The normalized spacial score (nSPS) is 21.6. The van der Waals surface area contributed by atoms with Crippen LogP contribution < -0.4 is 4.90 Å². The van der Waals surface area contributed by atoms with Crippen molar-refractivity contribution in [2.75, 3.05) is 39.4 Å². The fraction of sp³-hybridized carbons (Fsp3) is 0.706. The number of morpholine rings is 1. The number of hydrogen-bond donors (Lipinski definition) is 1. The highest BCUT2D eigenvalue weighted by atomic mass is 32.2. The van der Waals surface area contributed by atoms with Crippen LogP contribution in [0.2, 0.25) is 0 Å². The molecule has 0 atom stereocenters. The highest BCUT2D eigenvalue weighted by Crippen LogP contribution is 2.16. The van der Waals surface area contributed by atoms with Crippen molar-refractivity contribution >= 4 is 22.2 Å². The topological polar surface area (TPSA) is 56.0 Å². The molecule has 0 spiro atoms. The van der Waals surface area contributed by atoms with Gasteiger partial charge >= 0.3 is 0 Å². The molecule has 0 radical (unpaired) electrons. The maximum Gasteiger partial charge on any atom is 0.244 e. The van der Waals surface area contributed by atoms with Crippen molar-refractivity contribution in [3.63, 3.8) is 0 Å². The molecule has 0 unspecified atom stereocenters. The van der Waals surface area contributed by atoms with E-state index in [1.807, 2.05) is 4.57 Å². The van der Waals surface area contributed by atoms with Crippen LogP contribution in [0.1, 0.15) is 32.1 Å². The minimum atomic E-state index is -3.48. The Labute approximate surface area is 155 Å². The van der Waals surface area contributed by atoms with Gasteiger partial charge in [0.05, 0.1) is 31.2 Å². The van der Waals surface area contributed by atoms with Crippen molar-refractivity contribution in [2.45, 2.75) is 43.7 Å². The van der Waals surface area contributed by atoms with Gasteiger partial charge in [0.2, 0.25) is 10.0 Å². The molecule has 6 nitrogen and oxygen atoms in total. The van der Waals surface area contributed by atoms with E-state index >= 15 is 0 Å². The Balaban J connectivity index is 1.78. The van der Waals surface area contributed by atoms with Gasteiger partial charge in [0.1, 0.15) is 4.64 Å². The molecule has 2 aliphatic heterocycles. The Kier molecular flexibility index (Phi) is 6.62. The van der Waals surface area contributed by atoms with Gasteiger partial charge in [0.25, 0.3) is 0 Å². The van der Waals surface area contributed by atoms with E-state index in [1.54, 1.807) is 18.3 Å². The summed E-state index contributed by atoms with van der Waals surface area (Å²) < 4.78 is 35.1. The Bertz CT molecular complexity index is 719. The molecular weight excluding hydrogens is 358 g/mol. The van der Waals surface area contributed by atoms with Crippen LogP contribution in [0, 0.1) is 4.64 Å². The minimum absolute atomic E-state index is 0.328. The van der Waals surface area contributed by atoms with Crippen LogP contribution in [0.25, 0.3) is 0 Å². The minimum Gasteiger partial charge on any atom is -0.379 e. The van der Waals surface area contributed by atoms with Crippen LogP contribution in [0.15, 0.2) is 23.2 Å². The molecule has 2 fully saturated rings. The number of aromatic nitrogens is 1. The fourth-order valence-corrected chi connectivity index (χ4v) is 5.14. The predicted molar refractivity (Wildman–Crippen MR) is 98.6 cm³/mol. The van der Waals surface area contributed by atoms with Crippen molar-refractivity contribution < 1.29 is 18.1 Å². The van der Waals surface area contributed by atoms with E-state index in [4.69, 9.17) is 17.0 Å². The number of likely N-dealkylation sites (tertiary alicyclic amines) is 1. The number of quaternary nitrogens is 1. The van der Waals surface area contributed by atoms with Crippen LogP contribution in [-0.2, 0) is 21.4 Å². The average Bonchev–Trinajstić information content (AvgIpc) is 2.59. The number of nitrogens with zero attached hydrogens (tertiary/aromatic N) is 2. The van der Waals surface area contributed by atoms with Crippen molar-refractivity contribution in [1.82, 2.24) is 8.87 Å². The van der Waals surface area contributed by atoms with Gasteiger partial charge in [-0.1, -0.05) is 18.6 Å². The van der Waals surface area contributed by atoms with E-state index in [1.165, 1.54) is 41.3 Å². The molecule has 3 rings (SSSR count). The van der Waals surface area contributed by atoms with Crippen LogP contribution in [0.5, 0.6) is 0 Å². The summed E-state index contributed by atoms with van der Waals surface area (Å²) in [6.07, 6.45) is 8.10. The van der Waals surface area contributed by atoms with Gasteiger partial charge in [-0.05, 0) is 37.8 Å². The van der Waals surface area contributed by atoms with Crippen LogP contribution >= 0.6 is 12.2 Å². The van der Waals surface area contributed by atoms with Crippen molar-refractivity contribution in [2.24, 2.45) is 0 Å². The maximum absolute atomic E-state index is 12.9. The summed E-state index contributed by atoms with van der Waals surface area (Å²) in [6.45, 7) is 4.73. The van der Waals surface area contributed by atoms with E-state index in [0.29, 0.717) is 35.8 Å². The molecule has 3 heterocycles. The van der Waals surface area contributed by atoms with Crippen molar-refractivity contribution in [3.05, 3.63) is 23.0 Å². The van der Waals surface area contributed by atoms with E-state index < -0.39 is 10.0 Å². The molecule has 0 saturated carbocycles. The van der Waals surface area contributed by atoms with Gasteiger partial charge in [-0.2, -0.15) is 4.31 Å². The third-order valence-corrected chi connectivity index (χ3v) is 7.27. The molecule has 2 saturated heterocycles. The first-order valence-electron chi connectivity index (χ1n) is 9.19. The second-order valence-electron chi connectivity index (χ2n) is 6.87. The largest absolute Gasteiger partial charge is 0.379 e. The lowest BCUT2D eigenvalue weighted by atomic mass is 10.1. The summed E-state index contributed by atoms with van der Waals surface area (Å²) in [5.41, 5.74) is 0. The summed E-state index contributed by atoms with van der Waals surface area (Å²) in [4.78, 5) is 1.81. The summed E-state index contributed by atoms with van der Waals surface area (Å²) in [5.74, 6) is 0. The van der Waals surface area contributed by atoms with E-state index in [-0.39, 0.29) is 0 Å². The zero-order valence-electron chi connectivity index (χ0n) is 14.7. The molecule has 1 N–H and O–H groups in total. The van der Waals surface area contributed by atoms with Crippen LogP contribution in [-0.4, -0.2) is 56.7 Å². The fourth-order valence-electron chi connectivity index (χ4n) is 3.53. The maximum atomic E-state index is 12.9. The predicted octanol–water partition coefficient (Wildman–Crippen LogP) is 1.04. The summed E-state index contributed by atoms with van der Waals surface area (Å²) in [6, 6.07) is 3.37. The van der Waals surface area contributed by atoms with Crippen molar-refractivity contribution in [1.29, 1.82) is 0 Å². The first kappa shape index (κ1) is 19.0. The second-order valence-corrected chi connectivity index (χ2v) is 9.22. The summed E-state index contributed by atoms with van der Waals surface area (Å²) >= 11 is 5.44. The van der Waals surface area contributed by atoms with Crippen LogP contribution in [0.3, 0.4) is 0 Å². The molecule has 8 heteroatoms. The molecule has 2 aliphatic rings. The number of ether oxygens (including phenoxy) is 1. The van der Waals surface area contributed by atoms with Gasteiger partial charge in [-0.25, -0.2) is 8.42 Å². The van der Waals surface area contributed by atoms with Crippen molar-refractivity contribution in [3.8, 4) is 0 Å². The highest BCUT2D eigenvalue weighted by molar-refractivity contribution is 7.89. The molecule has 1 aromatic heterocycles. The van der Waals surface area contributed by atoms with Gasteiger partial charge in [-0.15, -0.1) is 0 Å². The van der Waals surface area contributed by atoms with Gasteiger partial charge < -0.3 is 9.64 Å². The Morgan fingerprint density at radius 2 is 1.68 bits per heavy atom. The number of sulfonamides is 1. The van der Waals surface area contributed by atoms with E-state index in [0.717, 1.165) is 19.8 Å². The monoisotopic (exact) mass is 386 g/mol.